The van der Waals surface area contributed by atoms with Crippen molar-refractivity contribution in [2.24, 2.45) is 0 Å². The molecular weight excluding hydrogens is 252 g/mol. The van der Waals surface area contributed by atoms with E-state index in [0.29, 0.717) is 17.3 Å². The summed E-state index contributed by atoms with van der Waals surface area (Å²) in [6, 6.07) is 3.12. The molecule has 1 aromatic heterocycles. The van der Waals surface area contributed by atoms with Gasteiger partial charge in [-0.15, -0.1) is 0 Å². The summed E-state index contributed by atoms with van der Waals surface area (Å²) in [5.41, 5.74) is -0.278. The molecule has 5 heteroatoms. The fourth-order valence-electron chi connectivity index (χ4n) is 2.28. The quantitative estimate of drug-likeness (QED) is 0.826. The summed E-state index contributed by atoms with van der Waals surface area (Å²) in [6.45, 7) is 0.297. The highest BCUT2D eigenvalue weighted by atomic mass is 35.5. The Bertz CT molecular complexity index is 431. The Morgan fingerprint density at radius 3 is 2.83 bits per heavy atom. The summed E-state index contributed by atoms with van der Waals surface area (Å²) in [4.78, 5) is 15.7. The van der Waals surface area contributed by atoms with Crippen LogP contribution in [-0.2, 0) is 0 Å². The van der Waals surface area contributed by atoms with Crippen molar-refractivity contribution in [3.05, 3.63) is 29.0 Å². The van der Waals surface area contributed by atoms with E-state index in [4.69, 9.17) is 11.6 Å². The van der Waals surface area contributed by atoms with Gasteiger partial charge in [0, 0.05) is 18.3 Å². The van der Waals surface area contributed by atoms with Crippen molar-refractivity contribution in [3.8, 4) is 0 Å². The first kappa shape index (κ1) is 13.3. The van der Waals surface area contributed by atoms with Gasteiger partial charge in [0.25, 0.3) is 5.91 Å². The van der Waals surface area contributed by atoms with Crippen molar-refractivity contribution in [3.63, 3.8) is 0 Å². The SMILES string of the molecule is O=C(NCC1(O)CCCCC1)c1ccnc(Cl)c1. The average molecular weight is 269 g/mol. The number of hydrogen-bond donors (Lipinski definition) is 2. The fraction of sp³-hybridized carbons (Fsp3) is 0.538. The van der Waals surface area contributed by atoms with Crippen LogP contribution in [0.2, 0.25) is 5.15 Å². The van der Waals surface area contributed by atoms with E-state index in [1.54, 1.807) is 6.07 Å². The number of hydrogen-bond acceptors (Lipinski definition) is 3. The number of aliphatic hydroxyl groups is 1. The van der Waals surface area contributed by atoms with E-state index in [9.17, 15) is 9.90 Å². The molecule has 1 aliphatic rings. The number of pyridine rings is 1. The number of carbonyl (C=O) groups excluding carboxylic acids is 1. The summed E-state index contributed by atoms with van der Waals surface area (Å²) >= 11 is 5.72. The second-order valence-corrected chi connectivity index (χ2v) is 5.22. The van der Waals surface area contributed by atoms with Crippen LogP contribution in [-0.4, -0.2) is 28.1 Å². The predicted octanol–water partition coefficient (Wildman–Crippen LogP) is 2.16. The number of carbonyl (C=O) groups is 1. The Kier molecular flexibility index (Phi) is 4.19. The molecule has 0 unspecified atom stereocenters. The van der Waals surface area contributed by atoms with Gasteiger partial charge in [-0.2, -0.15) is 0 Å². The van der Waals surface area contributed by atoms with Gasteiger partial charge in [0.2, 0.25) is 0 Å². The molecular formula is C13H17ClN2O2. The minimum Gasteiger partial charge on any atom is -0.388 e. The van der Waals surface area contributed by atoms with Crippen LogP contribution in [0.1, 0.15) is 42.5 Å². The van der Waals surface area contributed by atoms with Gasteiger partial charge in [0.1, 0.15) is 5.15 Å². The van der Waals surface area contributed by atoms with E-state index >= 15 is 0 Å². The zero-order valence-corrected chi connectivity index (χ0v) is 10.9. The van der Waals surface area contributed by atoms with Crippen LogP contribution in [0.5, 0.6) is 0 Å². The molecule has 2 rings (SSSR count). The van der Waals surface area contributed by atoms with Crippen LogP contribution in [0.15, 0.2) is 18.3 Å². The standard InChI is InChI=1S/C13H17ClN2O2/c14-11-8-10(4-7-15-11)12(17)16-9-13(18)5-2-1-3-6-13/h4,7-8,18H,1-3,5-6,9H2,(H,16,17). The third kappa shape index (κ3) is 3.43. The largest absolute Gasteiger partial charge is 0.388 e. The van der Waals surface area contributed by atoms with Crippen LogP contribution >= 0.6 is 11.6 Å². The van der Waals surface area contributed by atoms with Crippen LogP contribution in [0.25, 0.3) is 0 Å². The zero-order chi connectivity index (χ0) is 13.0. The molecule has 2 N–H and O–H groups in total. The maximum Gasteiger partial charge on any atom is 0.251 e. The monoisotopic (exact) mass is 268 g/mol. The molecule has 0 aliphatic heterocycles. The minimum absolute atomic E-state index is 0.224. The lowest BCUT2D eigenvalue weighted by atomic mass is 9.85. The van der Waals surface area contributed by atoms with Crippen molar-refractivity contribution in [2.45, 2.75) is 37.7 Å². The Morgan fingerprint density at radius 1 is 1.44 bits per heavy atom. The summed E-state index contributed by atoms with van der Waals surface area (Å²) in [5.74, 6) is -0.224. The lowest BCUT2D eigenvalue weighted by Crippen LogP contribution is -2.44. The van der Waals surface area contributed by atoms with Gasteiger partial charge in [-0.3, -0.25) is 4.79 Å². The lowest BCUT2D eigenvalue weighted by molar-refractivity contribution is 0.00526. The first-order valence-electron chi connectivity index (χ1n) is 6.21. The molecule has 1 aromatic rings. The van der Waals surface area contributed by atoms with E-state index in [2.05, 4.69) is 10.3 Å². The molecule has 98 valence electrons. The van der Waals surface area contributed by atoms with E-state index in [0.717, 1.165) is 32.1 Å². The smallest absolute Gasteiger partial charge is 0.251 e. The van der Waals surface area contributed by atoms with Gasteiger partial charge < -0.3 is 10.4 Å². The normalized spacial score (nSPS) is 18.3. The summed E-state index contributed by atoms with van der Waals surface area (Å²) < 4.78 is 0. The van der Waals surface area contributed by atoms with Gasteiger partial charge in [-0.1, -0.05) is 30.9 Å². The van der Waals surface area contributed by atoms with E-state index < -0.39 is 5.60 Å². The maximum absolute atomic E-state index is 11.9. The molecule has 4 nitrogen and oxygen atoms in total. The highest BCUT2D eigenvalue weighted by Crippen LogP contribution is 2.27. The molecule has 0 atom stereocenters. The molecule has 1 heterocycles. The Morgan fingerprint density at radius 2 is 2.17 bits per heavy atom. The van der Waals surface area contributed by atoms with Gasteiger partial charge in [-0.05, 0) is 25.0 Å². The molecule has 1 amide bonds. The predicted molar refractivity (Wildman–Crippen MR) is 69.6 cm³/mol. The van der Waals surface area contributed by atoms with Crippen molar-refractivity contribution < 1.29 is 9.90 Å². The molecule has 0 spiro atoms. The molecule has 1 aliphatic carbocycles. The van der Waals surface area contributed by atoms with Gasteiger partial charge in [0.05, 0.1) is 5.60 Å². The summed E-state index contributed by atoms with van der Waals surface area (Å²) in [5, 5.41) is 13.3. The Balaban J connectivity index is 1.92. The van der Waals surface area contributed by atoms with Gasteiger partial charge in [-0.25, -0.2) is 4.98 Å². The summed E-state index contributed by atoms with van der Waals surface area (Å²) in [6.07, 6.45) is 6.21. The van der Waals surface area contributed by atoms with Crippen molar-refractivity contribution >= 4 is 17.5 Å². The topological polar surface area (TPSA) is 62.2 Å². The van der Waals surface area contributed by atoms with Crippen LogP contribution < -0.4 is 5.32 Å². The van der Waals surface area contributed by atoms with Crippen molar-refractivity contribution in [1.29, 1.82) is 0 Å². The number of amides is 1. The fourth-order valence-corrected chi connectivity index (χ4v) is 2.45. The van der Waals surface area contributed by atoms with Crippen LogP contribution in [0.3, 0.4) is 0 Å². The van der Waals surface area contributed by atoms with E-state index in [1.165, 1.54) is 12.3 Å². The van der Waals surface area contributed by atoms with E-state index in [1.807, 2.05) is 0 Å². The number of nitrogens with zero attached hydrogens (tertiary/aromatic N) is 1. The zero-order valence-electron chi connectivity index (χ0n) is 10.2. The van der Waals surface area contributed by atoms with Crippen LogP contribution in [0, 0.1) is 0 Å². The summed E-state index contributed by atoms with van der Waals surface area (Å²) in [7, 11) is 0. The highest BCUT2D eigenvalue weighted by molar-refractivity contribution is 6.29. The second-order valence-electron chi connectivity index (χ2n) is 4.83. The van der Waals surface area contributed by atoms with Crippen molar-refractivity contribution in [1.82, 2.24) is 10.3 Å². The maximum atomic E-state index is 11.9. The third-order valence-electron chi connectivity index (χ3n) is 3.35. The van der Waals surface area contributed by atoms with Gasteiger partial charge >= 0.3 is 0 Å². The molecule has 0 aromatic carbocycles. The highest BCUT2D eigenvalue weighted by Gasteiger charge is 2.29. The Hall–Kier alpha value is -1.13. The van der Waals surface area contributed by atoms with Crippen molar-refractivity contribution in [2.75, 3.05) is 6.54 Å². The molecule has 0 saturated heterocycles. The minimum atomic E-state index is -0.745. The van der Waals surface area contributed by atoms with E-state index in [-0.39, 0.29) is 5.91 Å². The molecule has 0 radical (unpaired) electrons. The second kappa shape index (κ2) is 5.67. The van der Waals surface area contributed by atoms with Gasteiger partial charge in [0.15, 0.2) is 0 Å². The number of rotatable bonds is 3. The first-order chi connectivity index (χ1) is 8.59. The molecule has 18 heavy (non-hydrogen) atoms. The molecule has 0 bridgehead atoms. The molecule has 1 saturated carbocycles. The number of nitrogens with one attached hydrogen (secondary N) is 1. The number of aromatic nitrogens is 1. The Labute approximate surface area is 111 Å². The number of halogens is 1. The molecule has 1 fully saturated rings. The van der Waals surface area contributed by atoms with Crippen LogP contribution in [0.4, 0.5) is 0 Å². The lowest BCUT2D eigenvalue weighted by Gasteiger charge is -2.32. The first-order valence-corrected chi connectivity index (χ1v) is 6.59. The average Bonchev–Trinajstić information content (AvgIpc) is 2.37. The third-order valence-corrected chi connectivity index (χ3v) is 3.56.